The number of rotatable bonds is 2. The molecule has 1 aromatic heterocycles. The quantitative estimate of drug-likeness (QED) is 0.784. The van der Waals surface area contributed by atoms with Crippen LogP contribution in [0.15, 0.2) is 65.5 Å². The van der Waals surface area contributed by atoms with Crippen molar-refractivity contribution in [3.05, 3.63) is 76.6 Å². The molecule has 0 atom stereocenters. The fraction of sp³-hybridized carbons (Fsp3) is 0.200. The van der Waals surface area contributed by atoms with Crippen LogP contribution < -0.4 is 10.5 Å². The number of aromatic nitrogens is 2. The van der Waals surface area contributed by atoms with Gasteiger partial charge in [0.15, 0.2) is 0 Å². The zero-order valence-corrected chi connectivity index (χ0v) is 14.1. The third-order valence-corrected chi connectivity index (χ3v) is 4.56. The summed E-state index contributed by atoms with van der Waals surface area (Å²) in [5, 5.41) is 6.66. The van der Waals surface area contributed by atoms with Crippen molar-refractivity contribution in [1.82, 2.24) is 15.1 Å². The van der Waals surface area contributed by atoms with E-state index in [2.05, 4.69) is 69.5 Å². The Morgan fingerprint density at radius 2 is 1.84 bits per heavy atom. The van der Waals surface area contributed by atoms with Crippen LogP contribution in [-0.4, -0.2) is 35.2 Å². The first-order chi connectivity index (χ1) is 12.2. The number of hydrogen-bond acceptors (Lipinski definition) is 4. The van der Waals surface area contributed by atoms with Crippen LogP contribution in [0.25, 0.3) is 11.3 Å². The molecule has 5 heteroatoms. The Bertz CT molecular complexity index is 915. The van der Waals surface area contributed by atoms with E-state index in [1.165, 1.54) is 23.0 Å². The molecule has 126 valence electrons. The van der Waals surface area contributed by atoms with Crippen molar-refractivity contribution < 1.29 is 0 Å². The molecule has 0 saturated carbocycles. The lowest BCUT2D eigenvalue weighted by Crippen LogP contribution is -2.26. The van der Waals surface area contributed by atoms with Crippen LogP contribution in [0.1, 0.15) is 5.56 Å². The Morgan fingerprint density at radius 3 is 2.60 bits per heavy atom. The summed E-state index contributed by atoms with van der Waals surface area (Å²) in [6.07, 6.45) is 0. The van der Waals surface area contributed by atoms with Crippen LogP contribution in [-0.2, 0) is 6.54 Å². The molecule has 0 unspecified atom stereocenters. The van der Waals surface area contributed by atoms with Crippen LogP contribution in [0.2, 0.25) is 0 Å². The maximum atomic E-state index is 11.2. The van der Waals surface area contributed by atoms with Gasteiger partial charge in [-0.25, -0.2) is 5.10 Å². The smallest absolute Gasteiger partial charge is 0.264 e. The lowest BCUT2D eigenvalue weighted by atomic mass is 10.0. The summed E-state index contributed by atoms with van der Waals surface area (Å²) < 4.78 is 0. The van der Waals surface area contributed by atoms with Crippen LogP contribution in [0.5, 0.6) is 0 Å². The highest BCUT2D eigenvalue weighted by Gasteiger charge is 2.19. The fourth-order valence-corrected chi connectivity index (χ4v) is 3.28. The van der Waals surface area contributed by atoms with Crippen LogP contribution in [0, 0.1) is 0 Å². The van der Waals surface area contributed by atoms with E-state index in [1.807, 2.05) is 6.07 Å². The Labute approximate surface area is 146 Å². The molecule has 0 fully saturated rings. The molecule has 0 bridgehead atoms. The van der Waals surface area contributed by atoms with E-state index >= 15 is 0 Å². The number of para-hydroxylation sites is 1. The number of benzene rings is 2. The number of hydrogen-bond donors (Lipinski definition) is 1. The van der Waals surface area contributed by atoms with Crippen molar-refractivity contribution in [2.75, 3.05) is 25.0 Å². The zero-order chi connectivity index (χ0) is 17.2. The third-order valence-electron chi connectivity index (χ3n) is 4.56. The van der Waals surface area contributed by atoms with Gasteiger partial charge in [-0.2, -0.15) is 5.10 Å². The summed E-state index contributed by atoms with van der Waals surface area (Å²) in [7, 11) is 2.14. The fourth-order valence-electron chi connectivity index (χ4n) is 3.28. The second-order valence-electron chi connectivity index (χ2n) is 6.37. The van der Waals surface area contributed by atoms with Gasteiger partial charge in [0.25, 0.3) is 5.56 Å². The number of fused-ring (bicyclic) bond motifs is 1. The number of likely N-dealkylation sites (N-methyl/N-ethyl adjacent to an activating group) is 1. The molecular formula is C20H20N4O. The average molecular weight is 332 g/mol. The second kappa shape index (κ2) is 6.53. The number of H-pyrrole nitrogens is 1. The predicted octanol–water partition coefficient (Wildman–Crippen LogP) is 3.02. The van der Waals surface area contributed by atoms with Gasteiger partial charge in [0.2, 0.25) is 0 Å². The summed E-state index contributed by atoms with van der Waals surface area (Å²) >= 11 is 0. The first kappa shape index (κ1) is 15.6. The molecule has 3 aromatic rings. The maximum Gasteiger partial charge on any atom is 0.264 e. The van der Waals surface area contributed by atoms with Gasteiger partial charge in [0.1, 0.15) is 0 Å². The molecule has 1 aliphatic heterocycles. The van der Waals surface area contributed by atoms with Gasteiger partial charge in [0, 0.05) is 42.6 Å². The molecule has 0 spiro atoms. The number of aromatic amines is 1. The molecule has 1 aliphatic rings. The van der Waals surface area contributed by atoms with E-state index in [0.29, 0.717) is 0 Å². The van der Waals surface area contributed by atoms with Crippen molar-refractivity contribution in [2.24, 2.45) is 0 Å². The molecule has 4 rings (SSSR count). The standard InChI is InChI=1S/C20H20N4O/c1-23-11-12-24(17-5-3-2-4-6-17)19-9-7-15(13-16(19)14-23)18-8-10-20(25)22-21-18/h2-10,13H,11-12,14H2,1H3,(H,22,25). The Hall–Kier alpha value is -2.92. The molecule has 2 aromatic carbocycles. The largest absolute Gasteiger partial charge is 0.340 e. The minimum Gasteiger partial charge on any atom is -0.340 e. The third kappa shape index (κ3) is 3.19. The van der Waals surface area contributed by atoms with E-state index in [0.717, 1.165) is 30.9 Å². The predicted molar refractivity (Wildman–Crippen MR) is 100 cm³/mol. The molecule has 25 heavy (non-hydrogen) atoms. The first-order valence-corrected chi connectivity index (χ1v) is 8.41. The maximum absolute atomic E-state index is 11.2. The SMILES string of the molecule is CN1CCN(c2ccccc2)c2ccc(-c3ccc(=O)[nH]n3)cc2C1. The van der Waals surface area contributed by atoms with E-state index in [-0.39, 0.29) is 5.56 Å². The van der Waals surface area contributed by atoms with E-state index in [1.54, 1.807) is 6.07 Å². The first-order valence-electron chi connectivity index (χ1n) is 8.41. The Morgan fingerprint density at radius 1 is 1.00 bits per heavy atom. The van der Waals surface area contributed by atoms with Gasteiger partial charge >= 0.3 is 0 Å². The highest BCUT2D eigenvalue weighted by molar-refractivity contribution is 5.72. The minimum atomic E-state index is -0.187. The van der Waals surface area contributed by atoms with E-state index in [4.69, 9.17) is 0 Å². The van der Waals surface area contributed by atoms with Gasteiger partial charge in [0.05, 0.1) is 5.69 Å². The normalized spacial score (nSPS) is 14.8. The van der Waals surface area contributed by atoms with Crippen molar-refractivity contribution in [3.63, 3.8) is 0 Å². The zero-order valence-electron chi connectivity index (χ0n) is 14.1. The van der Waals surface area contributed by atoms with Crippen LogP contribution >= 0.6 is 0 Å². The molecule has 5 nitrogen and oxygen atoms in total. The summed E-state index contributed by atoms with van der Waals surface area (Å²) in [6, 6.07) is 20.1. The van der Waals surface area contributed by atoms with Crippen molar-refractivity contribution in [1.29, 1.82) is 0 Å². The lowest BCUT2D eigenvalue weighted by Gasteiger charge is -2.25. The monoisotopic (exact) mass is 332 g/mol. The van der Waals surface area contributed by atoms with Crippen molar-refractivity contribution in [3.8, 4) is 11.3 Å². The summed E-state index contributed by atoms with van der Waals surface area (Å²) in [6.45, 7) is 2.83. The summed E-state index contributed by atoms with van der Waals surface area (Å²) in [5.41, 5.74) is 5.29. The molecule has 2 heterocycles. The van der Waals surface area contributed by atoms with Gasteiger partial charge in [-0.1, -0.05) is 24.3 Å². The van der Waals surface area contributed by atoms with Gasteiger partial charge in [-0.05, 0) is 42.9 Å². The van der Waals surface area contributed by atoms with E-state index in [9.17, 15) is 4.79 Å². The van der Waals surface area contributed by atoms with Crippen molar-refractivity contribution in [2.45, 2.75) is 6.54 Å². The van der Waals surface area contributed by atoms with Gasteiger partial charge in [-0.15, -0.1) is 0 Å². The molecule has 0 amide bonds. The molecule has 0 saturated heterocycles. The number of nitrogens with one attached hydrogen (secondary N) is 1. The van der Waals surface area contributed by atoms with Crippen molar-refractivity contribution >= 4 is 11.4 Å². The van der Waals surface area contributed by atoms with Crippen LogP contribution in [0.4, 0.5) is 11.4 Å². The van der Waals surface area contributed by atoms with Gasteiger partial charge in [-0.3, -0.25) is 4.79 Å². The lowest BCUT2D eigenvalue weighted by molar-refractivity contribution is 0.343. The molecule has 0 aliphatic carbocycles. The number of nitrogens with zero attached hydrogens (tertiary/aromatic N) is 3. The summed E-state index contributed by atoms with van der Waals surface area (Å²) in [4.78, 5) is 15.9. The Balaban J connectivity index is 1.78. The topological polar surface area (TPSA) is 52.2 Å². The highest BCUT2D eigenvalue weighted by atomic mass is 16.1. The minimum absolute atomic E-state index is 0.187. The highest BCUT2D eigenvalue weighted by Crippen LogP contribution is 2.33. The Kier molecular flexibility index (Phi) is 4.07. The molecule has 1 N–H and O–H groups in total. The second-order valence-corrected chi connectivity index (χ2v) is 6.37. The summed E-state index contributed by atoms with van der Waals surface area (Å²) in [5.74, 6) is 0. The van der Waals surface area contributed by atoms with Crippen LogP contribution in [0.3, 0.4) is 0 Å². The average Bonchev–Trinajstić information content (AvgIpc) is 2.80. The van der Waals surface area contributed by atoms with E-state index < -0.39 is 0 Å². The molecule has 0 radical (unpaired) electrons. The number of anilines is 2. The van der Waals surface area contributed by atoms with Gasteiger partial charge < -0.3 is 9.80 Å². The molecular weight excluding hydrogens is 312 g/mol.